The second kappa shape index (κ2) is 5.96. The lowest BCUT2D eigenvalue weighted by atomic mass is 9.68. The van der Waals surface area contributed by atoms with Crippen LogP contribution in [-0.4, -0.2) is 38.2 Å². The minimum Gasteiger partial charge on any atom is -0.490 e. The molecule has 1 aromatic carbocycles. The molecular weight excluding hydrogens is 348 g/mol. The molecule has 1 aliphatic carbocycles. The minimum atomic E-state index is -0.431. The van der Waals surface area contributed by atoms with Crippen molar-refractivity contribution in [2.24, 2.45) is 16.6 Å². The summed E-state index contributed by atoms with van der Waals surface area (Å²) in [6.07, 6.45) is 7.23. The average molecular weight is 368 g/mol. The topological polar surface area (TPSA) is 93.6 Å². The van der Waals surface area contributed by atoms with Crippen LogP contribution in [0, 0.1) is 5.92 Å². The summed E-state index contributed by atoms with van der Waals surface area (Å²) in [5, 5.41) is 10.9. The quantitative estimate of drug-likeness (QED) is 0.802. The molecule has 7 heteroatoms. The summed E-state index contributed by atoms with van der Waals surface area (Å²) >= 11 is 1.59. The summed E-state index contributed by atoms with van der Waals surface area (Å²) in [6, 6.07) is 6.20. The number of hydrogen-bond acceptors (Lipinski definition) is 7. The fourth-order valence-corrected chi connectivity index (χ4v) is 5.53. The normalized spacial score (nSPS) is 32.5. The number of fused-ring (bicyclic) bond motifs is 4. The van der Waals surface area contributed by atoms with Crippen LogP contribution in [0.15, 0.2) is 41.9 Å². The summed E-state index contributed by atoms with van der Waals surface area (Å²) in [4.78, 5) is 13.2. The first-order valence-electron chi connectivity index (χ1n) is 8.88. The first kappa shape index (κ1) is 16.1. The van der Waals surface area contributed by atoms with Gasteiger partial charge in [0.05, 0.1) is 6.10 Å². The minimum absolute atomic E-state index is 0.0760. The molecule has 1 aromatic heterocycles. The van der Waals surface area contributed by atoms with E-state index in [4.69, 9.17) is 15.5 Å². The second-order valence-corrected chi connectivity index (χ2v) is 8.23. The van der Waals surface area contributed by atoms with E-state index in [9.17, 15) is 5.11 Å². The van der Waals surface area contributed by atoms with Crippen LogP contribution in [0.5, 0.6) is 5.75 Å². The Balaban J connectivity index is 1.67. The van der Waals surface area contributed by atoms with E-state index in [-0.39, 0.29) is 18.1 Å². The van der Waals surface area contributed by atoms with Crippen LogP contribution in [0.4, 0.5) is 0 Å². The molecule has 26 heavy (non-hydrogen) atoms. The van der Waals surface area contributed by atoms with Crippen LogP contribution in [0.1, 0.15) is 24.8 Å². The zero-order chi connectivity index (χ0) is 17.7. The van der Waals surface area contributed by atoms with Crippen molar-refractivity contribution in [2.45, 2.75) is 37.0 Å². The van der Waals surface area contributed by atoms with E-state index in [1.165, 1.54) is 6.33 Å². The molecule has 3 aliphatic rings. The highest BCUT2D eigenvalue weighted by molar-refractivity contribution is 8.14. The Kier molecular flexibility index (Phi) is 3.68. The Hall–Kier alpha value is -2.12. The van der Waals surface area contributed by atoms with Gasteiger partial charge in [0, 0.05) is 35.2 Å². The second-order valence-electron chi connectivity index (χ2n) is 7.23. The van der Waals surface area contributed by atoms with Crippen LogP contribution >= 0.6 is 11.8 Å². The molecule has 5 rings (SSSR count). The molecule has 0 amide bonds. The highest BCUT2D eigenvalue weighted by Crippen LogP contribution is 2.54. The number of nitrogens with two attached hydrogens (primary N) is 1. The molecule has 1 fully saturated rings. The summed E-state index contributed by atoms with van der Waals surface area (Å²) in [7, 11) is 0. The number of hydrogen-bond donors (Lipinski definition) is 2. The van der Waals surface area contributed by atoms with Crippen LogP contribution in [0.2, 0.25) is 0 Å². The number of aliphatic hydroxyl groups is 1. The van der Waals surface area contributed by atoms with Gasteiger partial charge in [-0.15, -0.1) is 0 Å². The van der Waals surface area contributed by atoms with Gasteiger partial charge in [0.25, 0.3) is 0 Å². The molecule has 0 saturated heterocycles. The highest BCUT2D eigenvalue weighted by atomic mass is 32.2. The maximum atomic E-state index is 10.3. The van der Waals surface area contributed by atoms with Gasteiger partial charge in [-0.25, -0.2) is 15.0 Å². The molecule has 134 valence electrons. The zero-order valence-electron chi connectivity index (χ0n) is 14.2. The number of amidine groups is 1. The van der Waals surface area contributed by atoms with Gasteiger partial charge in [0.15, 0.2) is 5.17 Å². The van der Waals surface area contributed by atoms with Gasteiger partial charge in [-0.2, -0.15) is 0 Å². The number of thioether (sulfide) groups is 1. The number of ether oxygens (including phenoxy) is 1. The summed E-state index contributed by atoms with van der Waals surface area (Å²) in [6.45, 7) is 0. The van der Waals surface area contributed by atoms with Gasteiger partial charge in [0.1, 0.15) is 23.7 Å². The number of benzene rings is 1. The van der Waals surface area contributed by atoms with Crippen LogP contribution in [-0.2, 0) is 5.54 Å². The van der Waals surface area contributed by atoms with Crippen molar-refractivity contribution in [2.75, 3.05) is 5.75 Å². The van der Waals surface area contributed by atoms with Crippen molar-refractivity contribution < 1.29 is 9.84 Å². The van der Waals surface area contributed by atoms with Gasteiger partial charge in [-0.3, -0.25) is 0 Å². The van der Waals surface area contributed by atoms with E-state index in [1.54, 1.807) is 24.2 Å². The first-order valence-corrected chi connectivity index (χ1v) is 9.87. The van der Waals surface area contributed by atoms with Gasteiger partial charge < -0.3 is 15.6 Å². The van der Waals surface area contributed by atoms with E-state index in [1.807, 2.05) is 12.1 Å². The number of aromatic nitrogens is 2. The van der Waals surface area contributed by atoms with Crippen molar-refractivity contribution in [1.29, 1.82) is 0 Å². The third-order valence-corrected chi connectivity index (χ3v) is 6.71. The molecule has 2 aliphatic heterocycles. The SMILES string of the molecule is NC1=NC2(CS1)c1cc(-c3cncnc3)ccc1OC1CCC(O)CC12. The monoisotopic (exact) mass is 368 g/mol. The molecule has 2 aromatic rings. The van der Waals surface area contributed by atoms with E-state index in [0.717, 1.165) is 41.0 Å². The van der Waals surface area contributed by atoms with E-state index >= 15 is 0 Å². The average Bonchev–Trinajstić information content (AvgIpc) is 3.06. The first-order chi connectivity index (χ1) is 12.7. The van der Waals surface area contributed by atoms with Gasteiger partial charge in [-0.05, 0) is 37.0 Å². The molecule has 3 N–H and O–H groups in total. The largest absolute Gasteiger partial charge is 0.490 e. The molecule has 1 saturated carbocycles. The fourth-order valence-electron chi connectivity index (χ4n) is 4.50. The summed E-state index contributed by atoms with van der Waals surface area (Å²) in [5.74, 6) is 1.80. The van der Waals surface area contributed by atoms with Gasteiger partial charge >= 0.3 is 0 Å². The molecule has 4 atom stereocenters. The zero-order valence-corrected chi connectivity index (χ0v) is 15.0. The molecular formula is C19H20N4O2S. The predicted octanol–water partition coefficient (Wildman–Crippen LogP) is 2.32. The Bertz CT molecular complexity index is 875. The van der Waals surface area contributed by atoms with Crippen LogP contribution in [0.3, 0.4) is 0 Å². The molecule has 1 spiro atoms. The Morgan fingerprint density at radius 1 is 1.19 bits per heavy atom. The molecule has 0 radical (unpaired) electrons. The number of rotatable bonds is 1. The Morgan fingerprint density at radius 3 is 2.81 bits per heavy atom. The number of aliphatic imine (C=N–C) groups is 1. The standard InChI is InChI=1S/C19H20N4O2S/c20-18-23-19(9-26-18)14-5-11(12-7-21-10-22-8-12)1-3-16(14)25-17-4-2-13(24)6-15(17)19/h1,3,5,7-8,10,13,15,17,24H,2,4,6,9H2,(H2,20,23). The maximum Gasteiger partial charge on any atom is 0.154 e. The van der Waals surface area contributed by atoms with E-state index in [0.29, 0.717) is 11.6 Å². The fraction of sp³-hybridized carbons (Fsp3) is 0.421. The smallest absolute Gasteiger partial charge is 0.154 e. The highest BCUT2D eigenvalue weighted by Gasteiger charge is 2.54. The lowest BCUT2D eigenvalue weighted by molar-refractivity contribution is -0.0236. The van der Waals surface area contributed by atoms with Crippen molar-refractivity contribution in [3.63, 3.8) is 0 Å². The maximum absolute atomic E-state index is 10.3. The summed E-state index contributed by atoms with van der Waals surface area (Å²) in [5.41, 5.74) is 8.71. The van der Waals surface area contributed by atoms with Crippen molar-refractivity contribution in [1.82, 2.24) is 9.97 Å². The van der Waals surface area contributed by atoms with E-state index in [2.05, 4.69) is 16.0 Å². The predicted molar refractivity (Wildman–Crippen MR) is 101 cm³/mol. The van der Waals surface area contributed by atoms with Gasteiger partial charge in [-0.1, -0.05) is 17.8 Å². The lowest BCUT2D eigenvalue weighted by Gasteiger charge is -2.48. The molecule has 3 heterocycles. The third-order valence-electron chi connectivity index (χ3n) is 5.74. The Labute approximate surface area is 155 Å². The third kappa shape index (κ3) is 2.41. The van der Waals surface area contributed by atoms with Crippen LogP contribution < -0.4 is 10.5 Å². The van der Waals surface area contributed by atoms with E-state index < -0.39 is 5.54 Å². The van der Waals surface area contributed by atoms with Crippen molar-refractivity contribution >= 4 is 16.9 Å². The number of nitrogens with zero attached hydrogens (tertiary/aromatic N) is 3. The lowest BCUT2D eigenvalue weighted by Crippen LogP contribution is -2.51. The molecule has 4 unspecified atom stereocenters. The van der Waals surface area contributed by atoms with Gasteiger partial charge in [0.2, 0.25) is 0 Å². The molecule has 0 bridgehead atoms. The van der Waals surface area contributed by atoms with Crippen LogP contribution in [0.25, 0.3) is 11.1 Å². The van der Waals surface area contributed by atoms with Crippen molar-refractivity contribution in [3.8, 4) is 16.9 Å². The number of aliphatic hydroxyl groups excluding tert-OH is 1. The summed E-state index contributed by atoms with van der Waals surface area (Å²) < 4.78 is 6.34. The van der Waals surface area contributed by atoms with Crippen molar-refractivity contribution in [3.05, 3.63) is 42.5 Å². The molecule has 6 nitrogen and oxygen atoms in total. The Morgan fingerprint density at radius 2 is 2.04 bits per heavy atom.